The summed E-state index contributed by atoms with van der Waals surface area (Å²) < 4.78 is 2.23. The lowest BCUT2D eigenvalue weighted by molar-refractivity contribution is 0.652. The summed E-state index contributed by atoms with van der Waals surface area (Å²) in [4.78, 5) is 0. The fourth-order valence-electron chi connectivity index (χ4n) is 3.56. The zero-order valence-electron chi connectivity index (χ0n) is 14.4. The Hall–Kier alpha value is -1.57. The molecule has 1 unspecified atom stereocenters. The second-order valence-electron chi connectivity index (χ2n) is 6.78. The van der Waals surface area contributed by atoms with E-state index in [0.29, 0.717) is 5.92 Å². The maximum atomic E-state index is 4.92. The predicted molar refractivity (Wildman–Crippen MR) is 93.0 cm³/mol. The average Bonchev–Trinajstić information content (AvgIpc) is 3.30. The fourth-order valence-corrected chi connectivity index (χ4v) is 3.56. The van der Waals surface area contributed by atoms with E-state index < -0.39 is 0 Å². The van der Waals surface area contributed by atoms with Gasteiger partial charge in [0.25, 0.3) is 0 Å². The molecule has 0 saturated heterocycles. The van der Waals surface area contributed by atoms with Gasteiger partial charge in [-0.2, -0.15) is 5.10 Å². The van der Waals surface area contributed by atoms with Crippen LogP contribution < -0.4 is 0 Å². The first kappa shape index (κ1) is 15.3. The fraction of sp³-hybridized carbons (Fsp3) is 0.550. The molecule has 0 aliphatic heterocycles. The molecule has 118 valence electrons. The van der Waals surface area contributed by atoms with Crippen LogP contribution in [0.4, 0.5) is 0 Å². The van der Waals surface area contributed by atoms with Crippen LogP contribution in [0.5, 0.6) is 0 Å². The Kier molecular flexibility index (Phi) is 4.37. The van der Waals surface area contributed by atoms with Crippen molar-refractivity contribution >= 4 is 0 Å². The summed E-state index contributed by atoms with van der Waals surface area (Å²) in [5.41, 5.74) is 6.84. The first-order valence-electron chi connectivity index (χ1n) is 8.84. The van der Waals surface area contributed by atoms with E-state index in [0.717, 1.165) is 12.3 Å². The Morgan fingerprint density at radius 3 is 2.41 bits per heavy atom. The van der Waals surface area contributed by atoms with Crippen molar-refractivity contribution in [1.82, 2.24) is 9.78 Å². The topological polar surface area (TPSA) is 17.8 Å². The lowest BCUT2D eigenvalue weighted by Crippen LogP contribution is -2.04. The lowest BCUT2D eigenvalue weighted by Gasteiger charge is -2.14. The summed E-state index contributed by atoms with van der Waals surface area (Å²) in [6.45, 7) is 9.03. The van der Waals surface area contributed by atoms with Gasteiger partial charge in [0, 0.05) is 5.92 Å². The van der Waals surface area contributed by atoms with Crippen LogP contribution in [-0.2, 0) is 6.42 Å². The van der Waals surface area contributed by atoms with Gasteiger partial charge in [-0.15, -0.1) is 0 Å². The van der Waals surface area contributed by atoms with E-state index in [1.807, 2.05) is 0 Å². The van der Waals surface area contributed by atoms with Gasteiger partial charge in [-0.25, -0.2) is 4.68 Å². The molecule has 22 heavy (non-hydrogen) atoms. The van der Waals surface area contributed by atoms with Crippen LogP contribution in [0.1, 0.15) is 80.8 Å². The zero-order chi connectivity index (χ0) is 15.7. The van der Waals surface area contributed by atoms with Gasteiger partial charge in [-0.3, -0.25) is 0 Å². The minimum Gasteiger partial charge on any atom is -0.237 e. The molecule has 0 amide bonds. The van der Waals surface area contributed by atoms with Crippen molar-refractivity contribution in [2.24, 2.45) is 0 Å². The summed E-state index contributed by atoms with van der Waals surface area (Å²) in [7, 11) is 0. The van der Waals surface area contributed by atoms with Crippen LogP contribution in [0.2, 0.25) is 0 Å². The third-order valence-electron chi connectivity index (χ3n) is 4.91. The summed E-state index contributed by atoms with van der Waals surface area (Å²) in [5, 5.41) is 4.92. The number of benzene rings is 1. The highest BCUT2D eigenvalue weighted by atomic mass is 15.3. The minimum atomic E-state index is 0.615. The lowest BCUT2D eigenvalue weighted by atomic mass is 9.93. The number of nitrogens with zero attached hydrogens (tertiary/aromatic N) is 2. The van der Waals surface area contributed by atoms with Crippen LogP contribution >= 0.6 is 0 Å². The van der Waals surface area contributed by atoms with Crippen molar-refractivity contribution < 1.29 is 0 Å². The van der Waals surface area contributed by atoms with Crippen molar-refractivity contribution in [3.8, 4) is 5.69 Å². The van der Waals surface area contributed by atoms with Crippen molar-refractivity contribution in [3.05, 3.63) is 46.8 Å². The van der Waals surface area contributed by atoms with Gasteiger partial charge in [-0.05, 0) is 61.8 Å². The largest absolute Gasteiger partial charge is 0.237 e. The Morgan fingerprint density at radius 1 is 1.18 bits per heavy atom. The van der Waals surface area contributed by atoms with Crippen molar-refractivity contribution in [2.75, 3.05) is 0 Å². The highest BCUT2D eigenvalue weighted by Crippen LogP contribution is 2.45. The van der Waals surface area contributed by atoms with Gasteiger partial charge in [0.05, 0.1) is 17.1 Å². The first-order chi connectivity index (χ1) is 10.7. The molecule has 3 rings (SSSR count). The Bertz CT molecular complexity index is 632. The molecular weight excluding hydrogens is 268 g/mol. The number of hydrogen-bond acceptors (Lipinski definition) is 1. The van der Waals surface area contributed by atoms with Gasteiger partial charge in [0.1, 0.15) is 0 Å². The maximum absolute atomic E-state index is 4.92. The summed E-state index contributed by atoms with van der Waals surface area (Å²) in [5.74, 6) is 1.34. The van der Waals surface area contributed by atoms with Gasteiger partial charge >= 0.3 is 0 Å². The van der Waals surface area contributed by atoms with Crippen molar-refractivity contribution in [1.29, 1.82) is 0 Å². The van der Waals surface area contributed by atoms with E-state index in [9.17, 15) is 0 Å². The number of aryl methyl sites for hydroxylation is 2. The number of rotatable bonds is 6. The predicted octanol–water partition coefficient (Wildman–Crippen LogP) is 5.52. The molecule has 1 aromatic heterocycles. The zero-order valence-corrected chi connectivity index (χ0v) is 14.4. The van der Waals surface area contributed by atoms with Crippen LogP contribution in [0.25, 0.3) is 5.69 Å². The van der Waals surface area contributed by atoms with E-state index in [4.69, 9.17) is 5.10 Å². The molecule has 1 heterocycles. The van der Waals surface area contributed by atoms with Crippen LogP contribution in [0.3, 0.4) is 0 Å². The third-order valence-corrected chi connectivity index (χ3v) is 4.91. The normalized spacial score (nSPS) is 16.0. The van der Waals surface area contributed by atoms with Gasteiger partial charge in [0.2, 0.25) is 0 Å². The SMILES string of the molecule is CCCC(C)c1c(C)nn(-c2ccc(CC)cc2)c1C1CC1. The molecule has 2 heteroatoms. The highest BCUT2D eigenvalue weighted by molar-refractivity contribution is 5.43. The van der Waals surface area contributed by atoms with E-state index in [2.05, 4.69) is 56.6 Å². The Morgan fingerprint density at radius 2 is 1.86 bits per heavy atom. The molecule has 0 bridgehead atoms. The quantitative estimate of drug-likeness (QED) is 0.686. The van der Waals surface area contributed by atoms with Crippen molar-refractivity contribution in [3.63, 3.8) is 0 Å². The van der Waals surface area contributed by atoms with Gasteiger partial charge in [0.15, 0.2) is 0 Å². The van der Waals surface area contributed by atoms with Gasteiger partial charge < -0.3 is 0 Å². The average molecular weight is 296 g/mol. The first-order valence-corrected chi connectivity index (χ1v) is 8.84. The third kappa shape index (κ3) is 2.84. The molecular formula is C20H28N2. The second kappa shape index (κ2) is 6.28. The maximum Gasteiger partial charge on any atom is 0.0649 e. The Labute approximate surface area is 134 Å². The Balaban J connectivity index is 2.05. The highest BCUT2D eigenvalue weighted by Gasteiger charge is 2.33. The molecule has 2 nitrogen and oxygen atoms in total. The number of aromatic nitrogens is 2. The molecule has 1 aromatic carbocycles. The second-order valence-corrected chi connectivity index (χ2v) is 6.78. The monoisotopic (exact) mass is 296 g/mol. The van der Waals surface area contributed by atoms with E-state index in [1.165, 1.54) is 53.9 Å². The summed E-state index contributed by atoms with van der Waals surface area (Å²) >= 11 is 0. The molecule has 1 saturated carbocycles. The summed E-state index contributed by atoms with van der Waals surface area (Å²) in [6, 6.07) is 8.92. The van der Waals surface area contributed by atoms with E-state index >= 15 is 0 Å². The van der Waals surface area contributed by atoms with Crippen molar-refractivity contribution in [2.45, 2.75) is 71.6 Å². The molecule has 1 aliphatic rings. The molecule has 0 spiro atoms. The van der Waals surface area contributed by atoms with Gasteiger partial charge in [-0.1, -0.05) is 39.3 Å². The molecule has 1 aliphatic carbocycles. The molecule has 0 radical (unpaired) electrons. The molecule has 2 aromatic rings. The summed E-state index contributed by atoms with van der Waals surface area (Å²) in [6.07, 6.45) is 6.23. The molecule has 1 atom stereocenters. The van der Waals surface area contributed by atoms with E-state index in [1.54, 1.807) is 0 Å². The van der Waals surface area contributed by atoms with Crippen LogP contribution in [0.15, 0.2) is 24.3 Å². The molecule has 1 fully saturated rings. The smallest absolute Gasteiger partial charge is 0.0649 e. The number of hydrogen-bond donors (Lipinski definition) is 0. The standard InChI is InChI=1S/C20H28N2/c1-5-7-14(3)19-15(4)21-22(20(19)17-10-11-17)18-12-8-16(6-2)9-13-18/h8-9,12-14,17H,5-7,10-11H2,1-4H3. The van der Waals surface area contributed by atoms with Crippen LogP contribution in [-0.4, -0.2) is 9.78 Å². The minimum absolute atomic E-state index is 0.615. The van der Waals surface area contributed by atoms with Crippen LogP contribution in [0, 0.1) is 6.92 Å². The van der Waals surface area contributed by atoms with E-state index in [-0.39, 0.29) is 0 Å². The molecule has 0 N–H and O–H groups in total.